The molecule has 0 aliphatic carbocycles. The largest absolute Gasteiger partial charge is 0.497 e. The summed E-state index contributed by atoms with van der Waals surface area (Å²) in [6, 6.07) is 16.8. The Morgan fingerprint density at radius 3 is 2.35 bits per heavy atom. The number of ether oxygens (including phenoxy) is 1. The van der Waals surface area contributed by atoms with E-state index in [0.717, 1.165) is 16.9 Å². The molecular weight excluding hydrogens is 272 g/mol. The number of aliphatic hydroxyl groups excluding tert-OH is 1. The maximum atomic E-state index is 12.1. The van der Waals surface area contributed by atoms with Crippen LogP contribution in [0.4, 0.5) is 0 Å². The molecule has 1 N–H and O–H groups in total. The summed E-state index contributed by atoms with van der Waals surface area (Å²) < 4.78 is 17.2. The van der Waals surface area contributed by atoms with Crippen molar-refractivity contribution in [2.75, 3.05) is 12.9 Å². The Hall–Kier alpha value is -1.65. The van der Waals surface area contributed by atoms with E-state index in [1.165, 1.54) is 0 Å². The lowest BCUT2D eigenvalue weighted by molar-refractivity contribution is 0.203. The van der Waals surface area contributed by atoms with Gasteiger partial charge in [0, 0.05) is 16.6 Å². The zero-order chi connectivity index (χ0) is 14.4. The molecule has 4 heteroatoms. The number of aliphatic hydroxyl groups is 1. The predicted molar refractivity (Wildman–Crippen MR) is 81.1 cm³/mol. The fourth-order valence-corrected chi connectivity index (χ4v) is 3.14. The summed E-state index contributed by atoms with van der Waals surface area (Å²) in [4.78, 5) is 0. The zero-order valence-electron chi connectivity index (χ0n) is 11.4. The topological polar surface area (TPSA) is 46.5 Å². The molecule has 0 saturated carbocycles. The van der Waals surface area contributed by atoms with E-state index in [9.17, 15) is 9.32 Å². The van der Waals surface area contributed by atoms with Gasteiger partial charge in [-0.15, -0.1) is 0 Å². The van der Waals surface area contributed by atoms with Gasteiger partial charge in [0.1, 0.15) is 5.75 Å². The van der Waals surface area contributed by atoms with Crippen molar-refractivity contribution in [3.05, 3.63) is 65.7 Å². The summed E-state index contributed by atoms with van der Waals surface area (Å²) in [6.45, 7) is 0. The summed E-state index contributed by atoms with van der Waals surface area (Å²) in [6.07, 6.45) is -0.685. The smallest absolute Gasteiger partial charge is 0.118 e. The van der Waals surface area contributed by atoms with Gasteiger partial charge in [-0.1, -0.05) is 42.5 Å². The zero-order valence-corrected chi connectivity index (χ0v) is 12.2. The fourth-order valence-electron chi connectivity index (χ4n) is 1.91. The van der Waals surface area contributed by atoms with Crippen LogP contribution in [0.1, 0.15) is 17.2 Å². The van der Waals surface area contributed by atoms with Crippen molar-refractivity contribution in [3.8, 4) is 5.75 Å². The molecule has 106 valence electrons. The highest BCUT2D eigenvalue weighted by molar-refractivity contribution is 7.84. The van der Waals surface area contributed by atoms with Crippen LogP contribution in [0.2, 0.25) is 0 Å². The maximum absolute atomic E-state index is 12.1. The Labute approximate surface area is 121 Å². The number of hydrogen-bond donors (Lipinski definition) is 1. The van der Waals surface area contributed by atoms with Crippen molar-refractivity contribution in [1.29, 1.82) is 0 Å². The molecule has 3 nitrogen and oxygen atoms in total. The molecule has 0 aliphatic rings. The van der Waals surface area contributed by atoms with Gasteiger partial charge < -0.3 is 9.84 Å². The van der Waals surface area contributed by atoms with Gasteiger partial charge in [-0.05, 0) is 23.3 Å². The van der Waals surface area contributed by atoms with E-state index in [1.54, 1.807) is 7.11 Å². The van der Waals surface area contributed by atoms with E-state index in [-0.39, 0.29) is 5.75 Å². The Morgan fingerprint density at radius 1 is 1.10 bits per heavy atom. The average Bonchev–Trinajstić information content (AvgIpc) is 2.49. The number of benzene rings is 2. The standard InChI is InChI=1S/C16H18O3S/c1-19-15-9-7-13(8-10-15)11-20(18)12-16(17)14-5-3-2-4-6-14/h2-10,16-17H,11-12H2,1H3. The minimum absolute atomic E-state index is 0.246. The van der Waals surface area contributed by atoms with E-state index in [2.05, 4.69) is 0 Å². The maximum Gasteiger partial charge on any atom is 0.118 e. The molecule has 2 atom stereocenters. The minimum Gasteiger partial charge on any atom is -0.497 e. The molecule has 0 fully saturated rings. The molecule has 0 heterocycles. The summed E-state index contributed by atoms with van der Waals surface area (Å²) in [5, 5.41) is 10.0. The predicted octanol–water partition coefficient (Wildman–Crippen LogP) is 2.68. The van der Waals surface area contributed by atoms with Crippen LogP contribution in [0.3, 0.4) is 0 Å². The van der Waals surface area contributed by atoms with Crippen molar-refractivity contribution < 1.29 is 14.1 Å². The van der Waals surface area contributed by atoms with Crippen LogP contribution in [0.15, 0.2) is 54.6 Å². The monoisotopic (exact) mass is 290 g/mol. The van der Waals surface area contributed by atoms with Gasteiger partial charge in [-0.2, -0.15) is 0 Å². The number of rotatable bonds is 6. The number of methoxy groups -OCH3 is 1. The van der Waals surface area contributed by atoms with Crippen molar-refractivity contribution in [2.24, 2.45) is 0 Å². The normalized spacial score (nSPS) is 13.7. The summed E-state index contributed by atoms with van der Waals surface area (Å²) in [5.74, 6) is 1.47. The quantitative estimate of drug-likeness (QED) is 0.889. The molecule has 0 amide bonds. The molecule has 2 rings (SSSR count). The van der Waals surface area contributed by atoms with Gasteiger partial charge in [-0.3, -0.25) is 4.21 Å². The summed E-state index contributed by atoms with van der Waals surface area (Å²) >= 11 is 0. The van der Waals surface area contributed by atoms with Crippen LogP contribution < -0.4 is 4.74 Å². The molecule has 0 bridgehead atoms. The molecule has 0 aliphatic heterocycles. The Bertz CT molecular complexity index is 552. The van der Waals surface area contributed by atoms with Gasteiger partial charge >= 0.3 is 0 Å². The second-order valence-corrected chi connectivity index (χ2v) is 6.03. The highest BCUT2D eigenvalue weighted by Crippen LogP contribution is 2.16. The molecule has 20 heavy (non-hydrogen) atoms. The van der Waals surface area contributed by atoms with Gasteiger partial charge in [-0.25, -0.2) is 0 Å². The molecular formula is C16H18O3S. The highest BCUT2D eigenvalue weighted by atomic mass is 32.2. The molecule has 2 aromatic rings. The van der Waals surface area contributed by atoms with Crippen LogP contribution in [-0.4, -0.2) is 22.2 Å². The molecule has 0 saturated heterocycles. The summed E-state index contributed by atoms with van der Waals surface area (Å²) in [5.41, 5.74) is 1.78. The second-order valence-electron chi connectivity index (χ2n) is 4.53. The van der Waals surface area contributed by atoms with Gasteiger partial charge in [0.05, 0.1) is 19.0 Å². The van der Waals surface area contributed by atoms with Gasteiger partial charge in [0.25, 0.3) is 0 Å². The first-order valence-corrected chi connectivity index (χ1v) is 7.89. The van der Waals surface area contributed by atoms with Crippen LogP contribution in [-0.2, 0) is 16.6 Å². The van der Waals surface area contributed by atoms with Gasteiger partial charge in [0.15, 0.2) is 0 Å². The van der Waals surface area contributed by atoms with Crippen molar-refractivity contribution in [3.63, 3.8) is 0 Å². The lowest BCUT2D eigenvalue weighted by atomic mass is 10.1. The molecule has 0 radical (unpaired) electrons. The van der Waals surface area contributed by atoms with Gasteiger partial charge in [0.2, 0.25) is 0 Å². The third-order valence-corrected chi connectivity index (χ3v) is 4.36. The SMILES string of the molecule is COc1ccc(CS(=O)CC(O)c2ccccc2)cc1. The first-order valence-electron chi connectivity index (χ1n) is 6.40. The molecule has 0 spiro atoms. The second kappa shape index (κ2) is 7.22. The van der Waals surface area contributed by atoms with Crippen LogP contribution in [0.5, 0.6) is 5.75 Å². The first-order chi connectivity index (χ1) is 9.69. The molecule has 2 unspecified atom stereocenters. The Kier molecular flexibility index (Phi) is 5.32. The van der Waals surface area contributed by atoms with E-state index in [0.29, 0.717) is 5.75 Å². The fraction of sp³-hybridized carbons (Fsp3) is 0.250. The molecule has 2 aromatic carbocycles. The third kappa shape index (κ3) is 4.18. The van der Waals surface area contributed by atoms with Crippen LogP contribution in [0.25, 0.3) is 0 Å². The van der Waals surface area contributed by atoms with Crippen molar-refractivity contribution in [2.45, 2.75) is 11.9 Å². The average molecular weight is 290 g/mol. The summed E-state index contributed by atoms with van der Waals surface area (Å²) in [7, 11) is 0.513. The Morgan fingerprint density at radius 2 is 1.75 bits per heavy atom. The number of hydrogen-bond acceptors (Lipinski definition) is 3. The van der Waals surface area contributed by atoms with E-state index in [1.807, 2.05) is 54.6 Å². The van der Waals surface area contributed by atoms with E-state index < -0.39 is 16.9 Å². The highest BCUT2D eigenvalue weighted by Gasteiger charge is 2.12. The Balaban J connectivity index is 1.91. The van der Waals surface area contributed by atoms with E-state index in [4.69, 9.17) is 4.74 Å². The first kappa shape index (κ1) is 14.8. The minimum atomic E-state index is -1.10. The third-order valence-electron chi connectivity index (χ3n) is 3.01. The van der Waals surface area contributed by atoms with Crippen molar-refractivity contribution >= 4 is 10.8 Å². The molecule has 0 aromatic heterocycles. The van der Waals surface area contributed by atoms with Crippen LogP contribution in [0, 0.1) is 0 Å². The lowest BCUT2D eigenvalue weighted by Crippen LogP contribution is -2.10. The van der Waals surface area contributed by atoms with Crippen LogP contribution >= 0.6 is 0 Å². The van der Waals surface area contributed by atoms with E-state index >= 15 is 0 Å². The van der Waals surface area contributed by atoms with Crippen molar-refractivity contribution in [1.82, 2.24) is 0 Å². The lowest BCUT2D eigenvalue weighted by Gasteiger charge is -2.10.